The molecule has 3 aliphatic heterocycles. The van der Waals surface area contributed by atoms with Crippen LogP contribution < -0.4 is 5.32 Å². The predicted molar refractivity (Wildman–Crippen MR) is 148 cm³/mol. The Morgan fingerprint density at radius 1 is 0.708 bits per heavy atom. The Hall–Kier alpha value is -1.33. The second-order valence-electron chi connectivity index (χ2n) is 11.7. The van der Waals surface area contributed by atoms with Gasteiger partial charge < -0.3 is 105 Å². The van der Waals surface area contributed by atoms with Crippen molar-refractivity contribution in [1.29, 1.82) is 0 Å². The van der Waals surface area contributed by atoms with Crippen molar-refractivity contribution in [3.63, 3.8) is 0 Å². The molecule has 22 nitrogen and oxygen atoms in total. The third-order valence-corrected chi connectivity index (χ3v) is 8.22. The number of nitrogens with one attached hydrogen (secondary N) is 1. The van der Waals surface area contributed by atoms with E-state index in [1.54, 1.807) is 0 Å². The maximum Gasteiger partial charge on any atom is 0.217 e. The Labute approximate surface area is 272 Å². The molecule has 15 N–H and O–H groups in total. The van der Waals surface area contributed by atoms with Gasteiger partial charge in [0.25, 0.3) is 0 Å². The number of ether oxygens (including phenoxy) is 6. The van der Waals surface area contributed by atoms with E-state index < -0.39 is 155 Å². The van der Waals surface area contributed by atoms with Crippen LogP contribution in [0.2, 0.25) is 0 Å². The summed E-state index contributed by atoms with van der Waals surface area (Å²) >= 11 is 0. The molecule has 0 saturated carbocycles. The van der Waals surface area contributed by atoms with E-state index in [2.05, 4.69) is 5.32 Å². The summed E-state index contributed by atoms with van der Waals surface area (Å²) in [5.41, 5.74) is 0. The highest BCUT2D eigenvalue weighted by atomic mass is 16.7. The molecular weight excluding hydrogens is 662 g/mol. The lowest BCUT2D eigenvalue weighted by atomic mass is 9.97. The zero-order valence-electron chi connectivity index (χ0n) is 25.6. The summed E-state index contributed by atoms with van der Waals surface area (Å²) in [6.07, 6.45) is -32.5. The molecule has 0 aromatic carbocycles. The third kappa shape index (κ3) is 9.31. The first-order chi connectivity index (χ1) is 22.6. The van der Waals surface area contributed by atoms with Gasteiger partial charge in [0.2, 0.25) is 5.91 Å². The van der Waals surface area contributed by atoms with Gasteiger partial charge in [0.05, 0.1) is 39.1 Å². The van der Waals surface area contributed by atoms with Crippen molar-refractivity contribution in [2.45, 2.75) is 123 Å². The average Bonchev–Trinajstić information content (AvgIpc) is 3.35. The van der Waals surface area contributed by atoms with Crippen LogP contribution >= 0.6 is 0 Å². The predicted octanol–water partition coefficient (Wildman–Crippen LogP) is -9.97. The van der Waals surface area contributed by atoms with Crippen molar-refractivity contribution < 1.29 is 105 Å². The van der Waals surface area contributed by atoms with Gasteiger partial charge in [-0.25, -0.2) is 0 Å². The molecule has 3 rings (SSSR count). The van der Waals surface area contributed by atoms with Gasteiger partial charge in [-0.05, 0) is 0 Å². The standard InChI is InChI=1S/C26H47NO21/c1-7(32)27-8(2-28)13(35)22(47-26-19(41)17(39)21(46-26)9(33)3-29)10(34)6-43-24-20(42)23(15(37)12(5-31)44-24)48-25-18(40)16(38)14(36)11(4-30)45-25/h8-26,28-31,33-42H,2-6H2,1H3,(H,27,32)/t8-,9+,10+,11+,12+,13+,14-,15-,16-,17+,18+,19+,20+,21-,22+,23-,24+,25-,26-/m0/s1. The van der Waals surface area contributed by atoms with Gasteiger partial charge in [-0.3, -0.25) is 4.79 Å². The minimum Gasteiger partial charge on any atom is -0.394 e. The molecule has 0 radical (unpaired) electrons. The highest BCUT2D eigenvalue weighted by Crippen LogP contribution is 2.31. The Bertz CT molecular complexity index is 982. The summed E-state index contributed by atoms with van der Waals surface area (Å²) in [7, 11) is 0. The second-order valence-corrected chi connectivity index (χ2v) is 11.7. The van der Waals surface area contributed by atoms with Gasteiger partial charge in [-0.1, -0.05) is 0 Å². The summed E-state index contributed by atoms with van der Waals surface area (Å²) in [4.78, 5) is 11.6. The Kier molecular flexibility index (Phi) is 15.6. The van der Waals surface area contributed by atoms with Gasteiger partial charge >= 0.3 is 0 Å². The number of carbonyl (C=O) groups excluding carboxylic acids is 1. The molecule has 1 amide bonds. The largest absolute Gasteiger partial charge is 0.394 e. The average molecular weight is 710 g/mol. The first-order valence-corrected chi connectivity index (χ1v) is 15.0. The van der Waals surface area contributed by atoms with E-state index in [4.69, 9.17) is 28.4 Å². The molecule has 3 aliphatic rings. The Balaban J connectivity index is 1.78. The van der Waals surface area contributed by atoms with Crippen molar-refractivity contribution in [1.82, 2.24) is 5.32 Å². The van der Waals surface area contributed by atoms with Crippen LogP contribution in [-0.2, 0) is 33.2 Å². The van der Waals surface area contributed by atoms with Gasteiger partial charge in [-0.15, -0.1) is 0 Å². The van der Waals surface area contributed by atoms with Gasteiger partial charge in [-0.2, -0.15) is 0 Å². The quantitative estimate of drug-likeness (QED) is 0.0707. The topological polar surface area (TPSA) is 368 Å². The number of hydrogen-bond acceptors (Lipinski definition) is 21. The maximum absolute atomic E-state index is 11.6. The normalized spacial score (nSPS) is 42.1. The highest BCUT2D eigenvalue weighted by molar-refractivity contribution is 5.73. The Morgan fingerprint density at radius 2 is 1.29 bits per heavy atom. The lowest BCUT2D eigenvalue weighted by Crippen LogP contribution is -2.65. The summed E-state index contributed by atoms with van der Waals surface area (Å²) < 4.78 is 32.4. The van der Waals surface area contributed by atoms with Gasteiger partial charge in [0, 0.05) is 6.92 Å². The zero-order chi connectivity index (χ0) is 36.0. The fourth-order valence-corrected chi connectivity index (χ4v) is 5.46. The fraction of sp³-hybridized carbons (Fsp3) is 0.962. The van der Waals surface area contributed by atoms with Gasteiger partial charge in [0.15, 0.2) is 18.9 Å². The molecule has 3 saturated heterocycles. The number of carbonyl (C=O) groups is 1. The fourth-order valence-electron chi connectivity index (χ4n) is 5.46. The molecule has 0 bridgehead atoms. The summed E-state index contributed by atoms with van der Waals surface area (Å²) in [5.74, 6) is -0.714. The van der Waals surface area contributed by atoms with Gasteiger partial charge in [0.1, 0.15) is 91.6 Å². The van der Waals surface area contributed by atoms with Crippen LogP contribution in [0.3, 0.4) is 0 Å². The third-order valence-electron chi connectivity index (χ3n) is 8.22. The summed E-state index contributed by atoms with van der Waals surface area (Å²) in [6.45, 7) is -3.35. The molecule has 0 aliphatic carbocycles. The number of rotatable bonds is 16. The molecule has 0 aromatic heterocycles. The molecule has 48 heavy (non-hydrogen) atoms. The molecule has 0 aromatic rings. The van der Waals surface area contributed by atoms with E-state index in [0.717, 1.165) is 6.92 Å². The molecular formula is C26H47NO21. The van der Waals surface area contributed by atoms with E-state index in [0.29, 0.717) is 0 Å². The molecule has 3 heterocycles. The summed E-state index contributed by atoms with van der Waals surface area (Å²) in [5, 5.41) is 145. The van der Waals surface area contributed by atoms with Crippen LogP contribution in [0.5, 0.6) is 0 Å². The smallest absolute Gasteiger partial charge is 0.217 e. The number of aliphatic hydroxyl groups is 14. The van der Waals surface area contributed by atoms with Crippen LogP contribution in [0.15, 0.2) is 0 Å². The molecule has 282 valence electrons. The van der Waals surface area contributed by atoms with Crippen LogP contribution in [0.25, 0.3) is 0 Å². The lowest BCUT2D eigenvalue weighted by molar-refractivity contribution is -0.362. The van der Waals surface area contributed by atoms with E-state index in [1.165, 1.54) is 0 Å². The van der Waals surface area contributed by atoms with Crippen LogP contribution in [0.4, 0.5) is 0 Å². The van der Waals surface area contributed by atoms with Crippen molar-refractivity contribution >= 4 is 5.91 Å². The zero-order valence-corrected chi connectivity index (χ0v) is 25.6. The summed E-state index contributed by atoms with van der Waals surface area (Å²) in [6, 6.07) is -1.49. The second kappa shape index (κ2) is 18.2. The molecule has 22 heteroatoms. The number of amides is 1. The molecule has 0 unspecified atom stereocenters. The van der Waals surface area contributed by atoms with E-state index in [-0.39, 0.29) is 0 Å². The minimum absolute atomic E-state index is 0.714. The van der Waals surface area contributed by atoms with Crippen LogP contribution in [0.1, 0.15) is 6.92 Å². The van der Waals surface area contributed by atoms with Crippen molar-refractivity contribution in [3.8, 4) is 0 Å². The van der Waals surface area contributed by atoms with Crippen molar-refractivity contribution in [2.24, 2.45) is 0 Å². The van der Waals surface area contributed by atoms with Crippen molar-refractivity contribution in [3.05, 3.63) is 0 Å². The van der Waals surface area contributed by atoms with Crippen LogP contribution in [0, 0.1) is 0 Å². The minimum atomic E-state index is -2.00. The first-order valence-electron chi connectivity index (χ1n) is 15.0. The van der Waals surface area contributed by atoms with E-state index in [9.17, 15) is 76.3 Å². The lowest BCUT2D eigenvalue weighted by Gasteiger charge is -2.46. The van der Waals surface area contributed by atoms with Crippen LogP contribution in [-0.4, -0.2) is 227 Å². The highest BCUT2D eigenvalue weighted by Gasteiger charge is 2.52. The molecule has 0 spiro atoms. The number of aliphatic hydroxyl groups excluding tert-OH is 14. The number of hydrogen-bond donors (Lipinski definition) is 15. The van der Waals surface area contributed by atoms with E-state index >= 15 is 0 Å². The Morgan fingerprint density at radius 3 is 1.85 bits per heavy atom. The first kappa shape index (κ1) is 41.1. The molecule has 3 fully saturated rings. The SMILES string of the molecule is CC(=O)N[C@@H](CO)[C@@H](O)[C@H](O[C@@H]1O[C@@H]([C@H](O)CO)[C@H](O)[C@H]1O)[C@H](O)CO[C@@H]1O[C@H](CO)[C@H](O)[C@H](O[C@@H]2O[C@H](CO)[C@H](O)[C@H](O)[C@H]2O)[C@H]1O. The van der Waals surface area contributed by atoms with Crippen molar-refractivity contribution in [2.75, 3.05) is 33.0 Å². The maximum atomic E-state index is 11.6. The monoisotopic (exact) mass is 709 g/mol. The van der Waals surface area contributed by atoms with E-state index in [1.807, 2.05) is 0 Å². The molecule has 19 atom stereocenters.